The van der Waals surface area contributed by atoms with Crippen molar-refractivity contribution < 1.29 is 4.79 Å². The second-order valence-corrected chi connectivity index (χ2v) is 5.16. The second kappa shape index (κ2) is 3.70. The molecule has 0 atom stereocenters. The molecule has 4 heteroatoms. The van der Waals surface area contributed by atoms with Crippen LogP contribution in [0.4, 0.5) is 0 Å². The van der Waals surface area contributed by atoms with Crippen LogP contribution in [0.2, 0.25) is 0 Å². The van der Waals surface area contributed by atoms with Gasteiger partial charge in [-0.1, -0.05) is 13.3 Å². The highest BCUT2D eigenvalue weighted by Gasteiger charge is 2.27. The highest BCUT2D eigenvalue weighted by molar-refractivity contribution is 7.15. The fourth-order valence-corrected chi connectivity index (χ4v) is 3.28. The third kappa shape index (κ3) is 1.26. The Bertz CT molecular complexity index is 536. The van der Waals surface area contributed by atoms with Gasteiger partial charge in [0, 0.05) is 17.0 Å². The zero-order valence-electron chi connectivity index (χ0n) is 9.27. The van der Waals surface area contributed by atoms with E-state index in [2.05, 4.69) is 17.3 Å². The molecule has 0 N–H and O–H groups in total. The molecule has 84 valence electrons. The Morgan fingerprint density at radius 3 is 3.00 bits per heavy atom. The van der Waals surface area contributed by atoms with E-state index < -0.39 is 0 Å². The van der Waals surface area contributed by atoms with Gasteiger partial charge >= 0.3 is 0 Å². The number of thiazole rings is 1. The Balaban J connectivity index is 2.21. The first kappa shape index (κ1) is 10.0. The van der Waals surface area contributed by atoms with Gasteiger partial charge in [0.2, 0.25) is 0 Å². The summed E-state index contributed by atoms with van der Waals surface area (Å²) in [6.07, 6.45) is 5.57. The number of imidazole rings is 1. The van der Waals surface area contributed by atoms with E-state index in [-0.39, 0.29) is 0 Å². The van der Waals surface area contributed by atoms with E-state index >= 15 is 0 Å². The third-order valence-corrected chi connectivity index (χ3v) is 4.34. The number of nitrogens with zero attached hydrogens (tertiary/aromatic N) is 2. The van der Waals surface area contributed by atoms with E-state index in [1.54, 1.807) is 11.3 Å². The summed E-state index contributed by atoms with van der Waals surface area (Å²) in [4.78, 5) is 16.9. The van der Waals surface area contributed by atoms with Gasteiger partial charge in [0.1, 0.15) is 5.69 Å². The lowest BCUT2D eigenvalue weighted by molar-refractivity contribution is 0.111. The van der Waals surface area contributed by atoms with Crippen molar-refractivity contribution in [1.29, 1.82) is 0 Å². The molecule has 0 spiro atoms. The number of rotatable bonds is 3. The van der Waals surface area contributed by atoms with Gasteiger partial charge in [-0.3, -0.25) is 9.20 Å². The molecule has 1 fully saturated rings. The van der Waals surface area contributed by atoms with Gasteiger partial charge in [-0.15, -0.1) is 11.3 Å². The maximum atomic E-state index is 11.3. The number of aryl methyl sites for hydroxylation is 1. The SMILES string of the molecule is CCc1csc2nc(C3CCC3)c(C=O)n12. The molecule has 0 unspecified atom stereocenters. The van der Waals surface area contributed by atoms with Crippen LogP contribution in [0.5, 0.6) is 0 Å². The molecule has 0 aliphatic heterocycles. The van der Waals surface area contributed by atoms with Crippen molar-refractivity contribution in [1.82, 2.24) is 9.38 Å². The van der Waals surface area contributed by atoms with Crippen molar-refractivity contribution in [3.8, 4) is 0 Å². The molecule has 2 aromatic rings. The van der Waals surface area contributed by atoms with Crippen molar-refractivity contribution in [2.24, 2.45) is 0 Å². The zero-order chi connectivity index (χ0) is 11.1. The van der Waals surface area contributed by atoms with Crippen LogP contribution in [-0.4, -0.2) is 15.7 Å². The molecule has 0 amide bonds. The third-order valence-electron chi connectivity index (χ3n) is 3.46. The second-order valence-electron chi connectivity index (χ2n) is 4.33. The zero-order valence-corrected chi connectivity index (χ0v) is 10.1. The molecule has 0 bridgehead atoms. The Hall–Kier alpha value is -1.16. The highest BCUT2D eigenvalue weighted by atomic mass is 32.1. The predicted molar refractivity (Wildman–Crippen MR) is 64.4 cm³/mol. The van der Waals surface area contributed by atoms with E-state index in [1.165, 1.54) is 25.0 Å². The van der Waals surface area contributed by atoms with Crippen molar-refractivity contribution in [2.45, 2.75) is 38.5 Å². The first-order chi connectivity index (χ1) is 7.85. The number of aldehydes is 1. The predicted octanol–water partition coefficient (Wildman–Crippen LogP) is 3.04. The van der Waals surface area contributed by atoms with Crippen LogP contribution >= 0.6 is 11.3 Å². The van der Waals surface area contributed by atoms with Crippen LogP contribution in [0.25, 0.3) is 4.96 Å². The number of carbonyl (C=O) groups is 1. The molecule has 2 aromatic heterocycles. The van der Waals surface area contributed by atoms with Crippen molar-refractivity contribution in [2.75, 3.05) is 0 Å². The van der Waals surface area contributed by atoms with Crippen LogP contribution in [0.1, 0.15) is 54.0 Å². The highest BCUT2D eigenvalue weighted by Crippen LogP contribution is 2.38. The lowest BCUT2D eigenvalue weighted by Gasteiger charge is -2.23. The van der Waals surface area contributed by atoms with Gasteiger partial charge in [-0.05, 0) is 19.3 Å². The summed E-state index contributed by atoms with van der Waals surface area (Å²) in [6.45, 7) is 2.11. The Morgan fingerprint density at radius 1 is 1.62 bits per heavy atom. The Morgan fingerprint density at radius 2 is 2.44 bits per heavy atom. The molecular formula is C12H14N2OS. The van der Waals surface area contributed by atoms with Gasteiger partial charge in [-0.2, -0.15) is 0 Å². The first-order valence-corrected chi connectivity index (χ1v) is 6.67. The monoisotopic (exact) mass is 234 g/mol. The summed E-state index contributed by atoms with van der Waals surface area (Å²) in [5, 5.41) is 2.10. The molecule has 2 heterocycles. The molecule has 3 rings (SSSR count). The van der Waals surface area contributed by atoms with Crippen molar-refractivity contribution in [3.63, 3.8) is 0 Å². The quantitative estimate of drug-likeness (QED) is 0.765. The van der Waals surface area contributed by atoms with Crippen LogP contribution in [0.15, 0.2) is 5.38 Å². The van der Waals surface area contributed by atoms with Gasteiger partial charge in [-0.25, -0.2) is 4.98 Å². The fraction of sp³-hybridized carbons (Fsp3) is 0.500. The molecule has 1 aliphatic carbocycles. The van der Waals surface area contributed by atoms with E-state index in [1.807, 2.05) is 4.40 Å². The molecule has 0 aromatic carbocycles. The molecule has 0 saturated heterocycles. The molecule has 16 heavy (non-hydrogen) atoms. The summed E-state index contributed by atoms with van der Waals surface area (Å²) in [7, 11) is 0. The average Bonchev–Trinajstić information content (AvgIpc) is 2.73. The van der Waals surface area contributed by atoms with Gasteiger partial charge in [0.25, 0.3) is 0 Å². The van der Waals surface area contributed by atoms with Crippen molar-refractivity contribution >= 4 is 22.6 Å². The first-order valence-electron chi connectivity index (χ1n) is 5.79. The van der Waals surface area contributed by atoms with Crippen LogP contribution in [-0.2, 0) is 6.42 Å². The number of hydrogen-bond donors (Lipinski definition) is 0. The summed E-state index contributed by atoms with van der Waals surface area (Å²) in [6, 6.07) is 0. The smallest absolute Gasteiger partial charge is 0.194 e. The van der Waals surface area contributed by atoms with Crippen LogP contribution < -0.4 is 0 Å². The maximum absolute atomic E-state index is 11.3. The largest absolute Gasteiger partial charge is 0.296 e. The number of carbonyl (C=O) groups excluding carboxylic acids is 1. The summed E-state index contributed by atoms with van der Waals surface area (Å²) in [5.74, 6) is 0.525. The normalized spacial score (nSPS) is 16.6. The van der Waals surface area contributed by atoms with Gasteiger partial charge < -0.3 is 0 Å². The van der Waals surface area contributed by atoms with Gasteiger partial charge in [0.15, 0.2) is 11.2 Å². The maximum Gasteiger partial charge on any atom is 0.194 e. The molecule has 3 nitrogen and oxygen atoms in total. The van der Waals surface area contributed by atoms with E-state index in [4.69, 9.17) is 0 Å². The van der Waals surface area contributed by atoms with E-state index in [0.717, 1.165) is 29.1 Å². The van der Waals surface area contributed by atoms with Gasteiger partial charge in [0.05, 0.1) is 5.69 Å². The van der Waals surface area contributed by atoms with Crippen LogP contribution in [0.3, 0.4) is 0 Å². The fourth-order valence-electron chi connectivity index (χ4n) is 2.29. The van der Waals surface area contributed by atoms with E-state index in [9.17, 15) is 4.79 Å². The lowest BCUT2D eigenvalue weighted by Crippen LogP contribution is -2.11. The molecular weight excluding hydrogens is 220 g/mol. The summed E-state index contributed by atoms with van der Waals surface area (Å²) >= 11 is 1.63. The minimum Gasteiger partial charge on any atom is -0.296 e. The van der Waals surface area contributed by atoms with Crippen molar-refractivity contribution in [3.05, 3.63) is 22.5 Å². The number of aromatic nitrogens is 2. The summed E-state index contributed by atoms with van der Waals surface area (Å²) in [5.41, 5.74) is 3.01. The number of hydrogen-bond acceptors (Lipinski definition) is 3. The summed E-state index contributed by atoms with van der Waals surface area (Å²) < 4.78 is 2.03. The minimum absolute atomic E-state index is 0.525. The number of fused-ring (bicyclic) bond motifs is 1. The Kier molecular flexibility index (Phi) is 2.32. The molecule has 0 radical (unpaired) electrons. The minimum atomic E-state index is 0.525. The average molecular weight is 234 g/mol. The molecule has 1 saturated carbocycles. The van der Waals surface area contributed by atoms with E-state index in [0.29, 0.717) is 5.92 Å². The lowest BCUT2D eigenvalue weighted by atomic mass is 9.82. The van der Waals surface area contributed by atoms with Crippen LogP contribution in [0, 0.1) is 0 Å². The topological polar surface area (TPSA) is 34.4 Å². The standard InChI is InChI=1S/C12H14N2OS/c1-2-9-7-16-12-13-11(8-4-3-5-8)10(6-15)14(9)12/h6-8H,2-5H2,1H3. The Labute approximate surface area is 98.1 Å². The molecule has 1 aliphatic rings.